The fraction of sp³-hybridized carbons (Fsp3) is 0.556. The molecular formula is C18H26N2O2. The summed E-state index contributed by atoms with van der Waals surface area (Å²) < 4.78 is 4.55. The van der Waals surface area contributed by atoms with Crippen LogP contribution in [0.4, 0.5) is 0 Å². The first kappa shape index (κ1) is 18.2. The van der Waals surface area contributed by atoms with Gasteiger partial charge in [0.05, 0.1) is 6.07 Å². The molecule has 1 heterocycles. The number of carbonyl (C=O) groups is 1. The topological polar surface area (TPSA) is 62.1 Å². The zero-order valence-electron chi connectivity index (χ0n) is 13.7. The molecular weight excluding hydrogens is 276 g/mol. The fourth-order valence-corrected chi connectivity index (χ4v) is 2.39. The SMILES string of the molecule is CC(C)(C)OC=O.N#CCC1CCNC(c2ccccc2)C1. The molecule has 1 N–H and O–H groups in total. The molecule has 0 aromatic heterocycles. The van der Waals surface area contributed by atoms with Crippen LogP contribution in [-0.4, -0.2) is 18.6 Å². The van der Waals surface area contributed by atoms with Crippen molar-refractivity contribution in [1.82, 2.24) is 5.32 Å². The van der Waals surface area contributed by atoms with Crippen molar-refractivity contribution >= 4 is 6.47 Å². The van der Waals surface area contributed by atoms with Gasteiger partial charge >= 0.3 is 0 Å². The number of benzene rings is 1. The third-order valence-corrected chi connectivity index (χ3v) is 3.50. The zero-order chi connectivity index (χ0) is 16.4. The second-order valence-corrected chi connectivity index (χ2v) is 6.50. The zero-order valence-corrected chi connectivity index (χ0v) is 13.7. The van der Waals surface area contributed by atoms with Gasteiger partial charge in [-0.3, -0.25) is 4.79 Å². The summed E-state index contributed by atoms with van der Waals surface area (Å²) in [6.07, 6.45) is 2.93. The molecule has 2 rings (SSSR count). The minimum Gasteiger partial charge on any atom is -0.462 e. The van der Waals surface area contributed by atoms with Crippen LogP contribution in [0.15, 0.2) is 30.3 Å². The van der Waals surface area contributed by atoms with Gasteiger partial charge in [-0.05, 0) is 51.6 Å². The molecule has 0 spiro atoms. The van der Waals surface area contributed by atoms with Crippen molar-refractivity contribution in [2.24, 2.45) is 5.92 Å². The van der Waals surface area contributed by atoms with Gasteiger partial charge in [0.15, 0.2) is 0 Å². The number of ether oxygens (including phenoxy) is 1. The van der Waals surface area contributed by atoms with Crippen LogP contribution in [0.5, 0.6) is 0 Å². The first-order valence-corrected chi connectivity index (χ1v) is 7.73. The summed E-state index contributed by atoms with van der Waals surface area (Å²) in [5.41, 5.74) is 1.03. The quantitative estimate of drug-likeness (QED) is 0.867. The summed E-state index contributed by atoms with van der Waals surface area (Å²) >= 11 is 0. The summed E-state index contributed by atoms with van der Waals surface area (Å²) in [7, 11) is 0. The standard InChI is InChI=1S/C13H16N2.C5H10O2/c14-8-6-11-7-9-15-13(10-11)12-4-2-1-3-5-12;1-5(2,3)7-4-6/h1-5,11,13,15H,6-7,9-10H2;4H,1-3H3. The fourth-order valence-electron chi connectivity index (χ4n) is 2.39. The molecule has 0 saturated carbocycles. The molecule has 120 valence electrons. The van der Waals surface area contributed by atoms with Crippen molar-refractivity contribution in [2.75, 3.05) is 6.54 Å². The van der Waals surface area contributed by atoms with Gasteiger partial charge in [-0.1, -0.05) is 30.3 Å². The maximum absolute atomic E-state index is 9.60. The smallest absolute Gasteiger partial charge is 0.293 e. The maximum Gasteiger partial charge on any atom is 0.293 e. The van der Waals surface area contributed by atoms with Gasteiger partial charge in [0, 0.05) is 12.5 Å². The number of hydrogen-bond donors (Lipinski definition) is 1. The summed E-state index contributed by atoms with van der Waals surface area (Å²) in [4.78, 5) is 9.60. The molecule has 1 aliphatic rings. The number of nitrogens with one attached hydrogen (secondary N) is 1. The van der Waals surface area contributed by atoms with E-state index in [0.29, 0.717) is 24.9 Å². The Morgan fingerprint density at radius 2 is 2.05 bits per heavy atom. The Morgan fingerprint density at radius 1 is 1.36 bits per heavy atom. The Balaban J connectivity index is 0.000000295. The molecule has 2 unspecified atom stereocenters. The number of rotatable bonds is 3. The van der Waals surface area contributed by atoms with Crippen molar-refractivity contribution in [3.63, 3.8) is 0 Å². The minimum absolute atomic E-state index is 0.318. The first-order valence-electron chi connectivity index (χ1n) is 7.73. The Labute approximate surface area is 133 Å². The molecule has 1 saturated heterocycles. The molecule has 0 amide bonds. The third kappa shape index (κ3) is 7.24. The average Bonchev–Trinajstić information content (AvgIpc) is 2.48. The number of nitriles is 1. The van der Waals surface area contributed by atoms with Gasteiger partial charge in [0.25, 0.3) is 6.47 Å². The number of hydrogen-bond acceptors (Lipinski definition) is 4. The van der Waals surface area contributed by atoms with Crippen molar-refractivity contribution < 1.29 is 9.53 Å². The first-order chi connectivity index (χ1) is 10.5. The molecule has 4 nitrogen and oxygen atoms in total. The van der Waals surface area contributed by atoms with Crippen LogP contribution in [0.1, 0.15) is 51.6 Å². The predicted molar refractivity (Wildman–Crippen MR) is 87.0 cm³/mol. The highest BCUT2D eigenvalue weighted by atomic mass is 16.5. The van der Waals surface area contributed by atoms with Gasteiger partial charge in [0.1, 0.15) is 5.60 Å². The monoisotopic (exact) mass is 302 g/mol. The molecule has 1 aliphatic heterocycles. The van der Waals surface area contributed by atoms with Crippen LogP contribution >= 0.6 is 0 Å². The van der Waals surface area contributed by atoms with Crippen LogP contribution in [0.2, 0.25) is 0 Å². The predicted octanol–water partition coefficient (Wildman–Crippen LogP) is 3.60. The highest BCUT2D eigenvalue weighted by Gasteiger charge is 2.21. The Hall–Kier alpha value is -1.86. The van der Waals surface area contributed by atoms with Gasteiger partial charge < -0.3 is 10.1 Å². The summed E-state index contributed by atoms with van der Waals surface area (Å²) in [6.45, 7) is 6.95. The van der Waals surface area contributed by atoms with Gasteiger partial charge in [-0.2, -0.15) is 5.26 Å². The van der Waals surface area contributed by atoms with E-state index in [9.17, 15) is 4.79 Å². The second kappa shape index (κ2) is 9.22. The molecule has 0 aliphatic carbocycles. The van der Waals surface area contributed by atoms with Crippen molar-refractivity contribution in [3.05, 3.63) is 35.9 Å². The largest absolute Gasteiger partial charge is 0.462 e. The lowest BCUT2D eigenvalue weighted by molar-refractivity contribution is -0.138. The van der Waals surface area contributed by atoms with Crippen LogP contribution in [-0.2, 0) is 9.53 Å². The van der Waals surface area contributed by atoms with Crippen molar-refractivity contribution in [3.8, 4) is 6.07 Å². The van der Waals surface area contributed by atoms with Crippen molar-refractivity contribution in [1.29, 1.82) is 5.26 Å². The highest BCUT2D eigenvalue weighted by Crippen LogP contribution is 2.28. The summed E-state index contributed by atoms with van der Waals surface area (Å²) in [5.74, 6) is 0.571. The lowest BCUT2D eigenvalue weighted by Gasteiger charge is -2.29. The van der Waals surface area contributed by atoms with E-state index in [1.807, 2.05) is 26.8 Å². The molecule has 0 bridgehead atoms. The second-order valence-electron chi connectivity index (χ2n) is 6.50. The molecule has 0 radical (unpaired) electrons. The minimum atomic E-state index is -0.318. The molecule has 22 heavy (non-hydrogen) atoms. The highest BCUT2D eigenvalue weighted by molar-refractivity contribution is 5.37. The van der Waals surface area contributed by atoms with E-state index in [1.54, 1.807) is 0 Å². The summed E-state index contributed by atoms with van der Waals surface area (Å²) in [5, 5.41) is 12.2. The summed E-state index contributed by atoms with van der Waals surface area (Å²) in [6, 6.07) is 13.2. The Kier molecular flexibility index (Phi) is 7.62. The van der Waals surface area contributed by atoms with E-state index in [0.717, 1.165) is 19.4 Å². The third-order valence-electron chi connectivity index (χ3n) is 3.50. The molecule has 1 aromatic carbocycles. The normalized spacial score (nSPS) is 21.0. The van der Waals surface area contributed by atoms with Gasteiger partial charge in [-0.15, -0.1) is 0 Å². The van der Waals surface area contributed by atoms with Crippen LogP contribution in [0.25, 0.3) is 0 Å². The van der Waals surface area contributed by atoms with Gasteiger partial charge in [0.2, 0.25) is 0 Å². The van der Waals surface area contributed by atoms with Crippen LogP contribution in [0.3, 0.4) is 0 Å². The maximum atomic E-state index is 9.60. The van der Waals surface area contributed by atoms with E-state index >= 15 is 0 Å². The van der Waals surface area contributed by atoms with E-state index in [4.69, 9.17) is 5.26 Å². The molecule has 4 heteroatoms. The molecule has 1 fully saturated rings. The van der Waals surface area contributed by atoms with E-state index in [-0.39, 0.29) is 5.60 Å². The van der Waals surface area contributed by atoms with Crippen LogP contribution in [0, 0.1) is 17.2 Å². The van der Waals surface area contributed by atoms with Crippen molar-refractivity contribution in [2.45, 2.75) is 51.7 Å². The Bertz CT molecular complexity index is 474. The van der Waals surface area contributed by atoms with E-state index in [1.165, 1.54) is 5.56 Å². The molecule has 2 atom stereocenters. The Morgan fingerprint density at radius 3 is 2.55 bits per heavy atom. The van der Waals surface area contributed by atoms with E-state index in [2.05, 4.69) is 40.4 Å². The lowest BCUT2D eigenvalue weighted by Crippen LogP contribution is -2.31. The average molecular weight is 302 g/mol. The molecule has 1 aromatic rings. The number of piperidine rings is 1. The lowest BCUT2D eigenvalue weighted by atomic mass is 9.87. The number of nitrogens with zero attached hydrogens (tertiary/aromatic N) is 1. The van der Waals surface area contributed by atoms with E-state index < -0.39 is 0 Å². The van der Waals surface area contributed by atoms with Gasteiger partial charge in [-0.25, -0.2) is 0 Å². The van der Waals surface area contributed by atoms with Crippen LogP contribution < -0.4 is 5.32 Å². The number of carbonyl (C=O) groups excluding carboxylic acids is 1.